The van der Waals surface area contributed by atoms with Crippen LogP contribution in [0, 0.1) is 40.4 Å². The largest absolute Gasteiger partial charge is 0.198 e. The zero-order valence-electron chi connectivity index (χ0n) is 12.8. The zero-order valence-corrected chi connectivity index (χ0v) is 12.8. The Morgan fingerprint density at radius 2 is 1.90 bits per heavy atom. The molecule has 0 spiro atoms. The van der Waals surface area contributed by atoms with Gasteiger partial charge in [-0.15, -0.1) is 0 Å². The van der Waals surface area contributed by atoms with Crippen LogP contribution in [0.25, 0.3) is 0 Å². The topological polar surface area (TPSA) is 23.8 Å². The highest BCUT2D eigenvalue weighted by molar-refractivity contribution is 5.29. The van der Waals surface area contributed by atoms with Gasteiger partial charge in [0.15, 0.2) is 0 Å². The summed E-state index contributed by atoms with van der Waals surface area (Å²) in [6.07, 6.45) is 13.8. The third-order valence-corrected chi connectivity index (χ3v) is 7.41. The molecule has 0 aromatic carbocycles. The van der Waals surface area contributed by atoms with Gasteiger partial charge in [-0.05, 0) is 81.0 Å². The molecule has 0 amide bonds. The minimum atomic E-state index is 0.336. The first-order valence-electron chi connectivity index (χ1n) is 8.85. The van der Waals surface area contributed by atoms with Crippen molar-refractivity contribution in [2.45, 2.75) is 71.1 Å². The van der Waals surface area contributed by atoms with Gasteiger partial charge in [0.2, 0.25) is 0 Å². The Hall–Kier alpha value is -0.770. The van der Waals surface area contributed by atoms with Gasteiger partial charge in [-0.2, -0.15) is 5.26 Å². The van der Waals surface area contributed by atoms with Crippen LogP contribution in [-0.4, -0.2) is 0 Å². The van der Waals surface area contributed by atoms with Gasteiger partial charge in [0.05, 0.1) is 12.0 Å². The molecule has 4 aliphatic rings. The van der Waals surface area contributed by atoms with Crippen molar-refractivity contribution in [1.29, 1.82) is 5.26 Å². The average molecular weight is 269 g/mol. The van der Waals surface area contributed by atoms with Crippen LogP contribution in [0.4, 0.5) is 0 Å². The molecule has 4 rings (SSSR count). The van der Waals surface area contributed by atoms with E-state index in [1.165, 1.54) is 64.2 Å². The summed E-state index contributed by atoms with van der Waals surface area (Å²) in [5.41, 5.74) is 4.13. The second-order valence-electron chi connectivity index (χ2n) is 8.05. The maximum atomic E-state index is 9.49. The summed E-state index contributed by atoms with van der Waals surface area (Å²) < 4.78 is 0. The number of nitrogens with zero attached hydrogens (tertiary/aromatic N) is 1. The van der Waals surface area contributed by atoms with Crippen molar-refractivity contribution < 1.29 is 0 Å². The van der Waals surface area contributed by atoms with Crippen molar-refractivity contribution in [3.8, 4) is 6.07 Å². The van der Waals surface area contributed by atoms with Crippen LogP contribution in [-0.2, 0) is 0 Å². The smallest absolute Gasteiger partial charge is 0.0661 e. The van der Waals surface area contributed by atoms with Crippen molar-refractivity contribution in [1.82, 2.24) is 0 Å². The summed E-state index contributed by atoms with van der Waals surface area (Å²) in [6.45, 7) is 2.44. The van der Waals surface area contributed by atoms with Gasteiger partial charge in [0.1, 0.15) is 0 Å². The second-order valence-corrected chi connectivity index (χ2v) is 8.05. The van der Waals surface area contributed by atoms with E-state index < -0.39 is 0 Å². The molecule has 0 radical (unpaired) electrons. The Morgan fingerprint density at radius 3 is 2.75 bits per heavy atom. The molecule has 0 aromatic heterocycles. The van der Waals surface area contributed by atoms with Crippen LogP contribution in [0.3, 0.4) is 0 Å². The lowest BCUT2D eigenvalue weighted by Crippen LogP contribution is -2.40. The standard InChI is InChI=1S/C19H27N/c1-19-11-10-16-15-5-3-2-4-13(15)6-8-17(16)18(19)9-7-14(19)12-20/h13-14,17-18H,2-11H2,1H3/t13-,14-,17-,18+,19-/m1/s1. The lowest BCUT2D eigenvalue weighted by Gasteiger charge is -2.49. The van der Waals surface area contributed by atoms with Crippen LogP contribution >= 0.6 is 0 Å². The molecule has 1 heteroatoms. The van der Waals surface area contributed by atoms with Gasteiger partial charge < -0.3 is 0 Å². The van der Waals surface area contributed by atoms with Crippen LogP contribution in [0.15, 0.2) is 11.1 Å². The Bertz CT molecular complexity index is 482. The predicted molar refractivity (Wildman–Crippen MR) is 80.9 cm³/mol. The monoisotopic (exact) mass is 269 g/mol. The minimum absolute atomic E-state index is 0.336. The van der Waals surface area contributed by atoms with Gasteiger partial charge in [-0.1, -0.05) is 24.5 Å². The fourth-order valence-electron chi connectivity index (χ4n) is 6.31. The van der Waals surface area contributed by atoms with E-state index in [1.54, 1.807) is 0 Å². The molecule has 4 aliphatic carbocycles. The maximum absolute atomic E-state index is 9.49. The van der Waals surface area contributed by atoms with Crippen LogP contribution in [0.2, 0.25) is 0 Å². The van der Waals surface area contributed by atoms with Crippen molar-refractivity contribution in [2.24, 2.45) is 29.1 Å². The van der Waals surface area contributed by atoms with Gasteiger partial charge in [0, 0.05) is 0 Å². The quantitative estimate of drug-likeness (QED) is 0.552. The van der Waals surface area contributed by atoms with Crippen LogP contribution < -0.4 is 0 Å². The first-order chi connectivity index (χ1) is 9.74. The van der Waals surface area contributed by atoms with E-state index in [4.69, 9.17) is 0 Å². The summed E-state index contributed by atoms with van der Waals surface area (Å²) in [7, 11) is 0. The van der Waals surface area contributed by atoms with Gasteiger partial charge in [-0.25, -0.2) is 0 Å². The van der Waals surface area contributed by atoms with E-state index in [2.05, 4.69) is 13.0 Å². The summed E-state index contributed by atoms with van der Waals surface area (Å²) >= 11 is 0. The number of rotatable bonds is 0. The number of hydrogen-bond donors (Lipinski definition) is 0. The molecule has 3 saturated carbocycles. The first kappa shape index (κ1) is 12.9. The predicted octanol–water partition coefficient (Wildman–Crippen LogP) is 5.23. The molecule has 20 heavy (non-hydrogen) atoms. The highest BCUT2D eigenvalue weighted by Crippen LogP contribution is 2.62. The second kappa shape index (κ2) is 4.62. The molecule has 0 saturated heterocycles. The fourth-order valence-corrected chi connectivity index (χ4v) is 6.31. The SMILES string of the molecule is C[C@]12CCC3=C4CCCC[C@@H]4CC[C@H]3[C@@H]1CC[C@@H]2C#N. The lowest BCUT2D eigenvalue weighted by molar-refractivity contribution is 0.0859. The van der Waals surface area contributed by atoms with E-state index in [0.29, 0.717) is 11.3 Å². The van der Waals surface area contributed by atoms with E-state index in [1.807, 2.05) is 11.1 Å². The van der Waals surface area contributed by atoms with Gasteiger partial charge in [0.25, 0.3) is 0 Å². The maximum Gasteiger partial charge on any atom is 0.0661 e. The Kier molecular flexibility index (Phi) is 2.99. The molecule has 0 bridgehead atoms. The van der Waals surface area contributed by atoms with E-state index in [9.17, 15) is 5.26 Å². The summed E-state index contributed by atoms with van der Waals surface area (Å²) in [5, 5.41) is 9.49. The normalized spacial score (nSPS) is 47.2. The Labute approximate surface area is 123 Å². The third kappa shape index (κ3) is 1.66. The summed E-state index contributed by atoms with van der Waals surface area (Å²) in [5.74, 6) is 2.97. The van der Waals surface area contributed by atoms with Crippen molar-refractivity contribution in [3.63, 3.8) is 0 Å². The van der Waals surface area contributed by atoms with Gasteiger partial charge in [-0.3, -0.25) is 0 Å². The lowest BCUT2D eigenvalue weighted by atomic mass is 9.55. The first-order valence-corrected chi connectivity index (χ1v) is 8.85. The molecule has 1 nitrogen and oxygen atoms in total. The fraction of sp³-hybridized carbons (Fsp3) is 0.842. The van der Waals surface area contributed by atoms with Gasteiger partial charge >= 0.3 is 0 Å². The molecule has 108 valence electrons. The summed E-state index contributed by atoms with van der Waals surface area (Å²) in [6, 6.07) is 2.64. The number of fused-ring (bicyclic) bond motifs is 4. The number of hydrogen-bond acceptors (Lipinski definition) is 1. The molecular formula is C19H27N. The Morgan fingerprint density at radius 1 is 1.00 bits per heavy atom. The van der Waals surface area contributed by atoms with E-state index >= 15 is 0 Å². The Balaban J connectivity index is 1.69. The molecule has 3 fully saturated rings. The average Bonchev–Trinajstić information content (AvgIpc) is 2.83. The minimum Gasteiger partial charge on any atom is -0.198 e. The van der Waals surface area contributed by atoms with Crippen molar-refractivity contribution >= 4 is 0 Å². The van der Waals surface area contributed by atoms with E-state index in [-0.39, 0.29) is 0 Å². The van der Waals surface area contributed by atoms with Crippen LogP contribution in [0.1, 0.15) is 71.1 Å². The van der Waals surface area contributed by atoms with Crippen molar-refractivity contribution in [2.75, 3.05) is 0 Å². The highest BCUT2D eigenvalue weighted by atomic mass is 14.6. The molecule has 0 N–H and O–H groups in total. The molecule has 0 heterocycles. The third-order valence-electron chi connectivity index (χ3n) is 7.41. The molecule has 0 unspecified atom stereocenters. The number of nitriles is 1. The number of allylic oxidation sites excluding steroid dienone is 2. The summed E-state index contributed by atoms with van der Waals surface area (Å²) in [4.78, 5) is 0. The molecular weight excluding hydrogens is 242 g/mol. The molecule has 0 aromatic rings. The highest BCUT2D eigenvalue weighted by Gasteiger charge is 2.53. The molecule has 5 atom stereocenters. The van der Waals surface area contributed by atoms with Crippen molar-refractivity contribution in [3.05, 3.63) is 11.1 Å². The molecule has 0 aliphatic heterocycles. The van der Waals surface area contributed by atoms with E-state index in [0.717, 1.165) is 17.8 Å². The zero-order chi connectivity index (χ0) is 13.7. The van der Waals surface area contributed by atoms with Crippen LogP contribution in [0.5, 0.6) is 0 Å².